The number of urea groups is 1. The molecule has 146 valence electrons. The van der Waals surface area contributed by atoms with Gasteiger partial charge in [0.1, 0.15) is 5.69 Å². The molecule has 0 radical (unpaired) electrons. The summed E-state index contributed by atoms with van der Waals surface area (Å²) in [5.41, 5.74) is 6.25. The molecular weight excluding hydrogens is 366 g/mol. The van der Waals surface area contributed by atoms with Crippen LogP contribution in [0.15, 0.2) is 30.5 Å². The number of anilines is 2. The van der Waals surface area contributed by atoms with Gasteiger partial charge in [0.2, 0.25) is 5.91 Å². The Morgan fingerprint density at radius 2 is 1.96 bits per heavy atom. The van der Waals surface area contributed by atoms with Crippen LogP contribution < -0.4 is 27.0 Å². The third kappa shape index (κ3) is 4.44. The van der Waals surface area contributed by atoms with Crippen molar-refractivity contribution in [2.24, 2.45) is 5.73 Å². The van der Waals surface area contributed by atoms with Crippen molar-refractivity contribution in [3.63, 3.8) is 0 Å². The van der Waals surface area contributed by atoms with Crippen molar-refractivity contribution in [1.29, 1.82) is 0 Å². The number of hydrogen-bond donors (Lipinski definition) is 5. The summed E-state index contributed by atoms with van der Waals surface area (Å²) in [5, 5.41) is 14.5. The van der Waals surface area contributed by atoms with Gasteiger partial charge in [0.25, 0.3) is 11.8 Å². The van der Waals surface area contributed by atoms with Crippen LogP contribution in [-0.4, -0.2) is 46.6 Å². The minimum Gasteiger partial charge on any atom is -0.370 e. The summed E-state index contributed by atoms with van der Waals surface area (Å²) in [4.78, 5) is 47.0. The summed E-state index contributed by atoms with van der Waals surface area (Å²) in [6, 6.07) is 5.98. The van der Waals surface area contributed by atoms with Gasteiger partial charge in [0, 0.05) is 30.9 Å². The number of nitrogens with two attached hydrogens (primary N) is 1. The lowest BCUT2D eigenvalue weighted by atomic mass is 10.2. The maximum atomic E-state index is 12.5. The van der Waals surface area contributed by atoms with Gasteiger partial charge in [-0.05, 0) is 18.2 Å². The van der Waals surface area contributed by atoms with Gasteiger partial charge in [-0.3, -0.25) is 19.1 Å². The van der Waals surface area contributed by atoms with E-state index in [9.17, 15) is 19.2 Å². The number of nitrogens with one attached hydrogen (secondary N) is 4. The minimum atomic E-state index is -0.513. The highest BCUT2D eigenvalue weighted by molar-refractivity contribution is 6.11. The van der Waals surface area contributed by atoms with Gasteiger partial charge in [-0.25, -0.2) is 4.79 Å². The number of amides is 5. The molecule has 6 N–H and O–H groups in total. The monoisotopic (exact) mass is 385 g/mol. The normalized spacial score (nSPS) is 12.5. The van der Waals surface area contributed by atoms with Crippen LogP contribution in [0.2, 0.25) is 0 Å². The number of hydrogen-bond acceptors (Lipinski definition) is 5. The topological polar surface area (TPSA) is 160 Å². The molecule has 28 heavy (non-hydrogen) atoms. The Hall–Kier alpha value is -3.89. The molecule has 11 heteroatoms. The largest absolute Gasteiger partial charge is 0.370 e. The predicted molar refractivity (Wildman–Crippen MR) is 99.8 cm³/mol. The first-order valence-corrected chi connectivity index (χ1v) is 8.52. The number of carbonyl (C=O) groups excluding carboxylic acids is 4. The smallest absolute Gasteiger partial charge is 0.319 e. The standard InChI is InChI=1S/C17H19N7O4/c18-13(25)4-5-20-17(28)23-11-3-1-2-10(8-11)22-15(26)12-9-21-24-7-6-19-16(27)14(12)24/h1-3,8-9H,4-7H2,(H2,18,25)(H,19,27)(H,22,26)(H2,20,23,28). The highest BCUT2D eigenvalue weighted by Gasteiger charge is 2.26. The number of benzene rings is 1. The van der Waals surface area contributed by atoms with Crippen molar-refractivity contribution in [1.82, 2.24) is 20.4 Å². The van der Waals surface area contributed by atoms with Crippen LogP contribution >= 0.6 is 0 Å². The molecule has 11 nitrogen and oxygen atoms in total. The first-order valence-electron chi connectivity index (χ1n) is 8.52. The first kappa shape index (κ1) is 18.9. The van der Waals surface area contributed by atoms with E-state index in [2.05, 4.69) is 26.4 Å². The van der Waals surface area contributed by atoms with Crippen LogP contribution in [0.1, 0.15) is 27.3 Å². The molecule has 1 aliphatic rings. The molecule has 0 aliphatic carbocycles. The average Bonchev–Trinajstić information content (AvgIpc) is 3.07. The van der Waals surface area contributed by atoms with Crippen LogP contribution in [0, 0.1) is 0 Å². The molecule has 0 bridgehead atoms. The number of carbonyl (C=O) groups is 4. The number of rotatable bonds is 6. The molecule has 0 saturated carbocycles. The summed E-state index contributed by atoms with van der Waals surface area (Å²) in [6.07, 6.45) is 1.39. The fraction of sp³-hybridized carbons (Fsp3) is 0.235. The highest BCUT2D eigenvalue weighted by Crippen LogP contribution is 2.18. The van der Waals surface area contributed by atoms with E-state index in [1.54, 1.807) is 24.3 Å². The molecule has 0 fully saturated rings. The number of aromatic nitrogens is 2. The van der Waals surface area contributed by atoms with Crippen LogP contribution in [0.4, 0.5) is 16.2 Å². The molecule has 1 aromatic carbocycles. The number of fused-ring (bicyclic) bond motifs is 1. The van der Waals surface area contributed by atoms with Gasteiger partial charge in [-0.2, -0.15) is 5.10 Å². The minimum absolute atomic E-state index is 0.0348. The zero-order chi connectivity index (χ0) is 20.1. The zero-order valence-electron chi connectivity index (χ0n) is 14.8. The van der Waals surface area contributed by atoms with Crippen LogP contribution in [0.3, 0.4) is 0 Å². The molecular formula is C17H19N7O4. The summed E-state index contributed by atoms with van der Waals surface area (Å²) < 4.78 is 1.49. The third-order valence-electron chi connectivity index (χ3n) is 3.94. The Morgan fingerprint density at radius 3 is 2.71 bits per heavy atom. The quantitative estimate of drug-likeness (QED) is 0.468. The van der Waals surface area contributed by atoms with E-state index < -0.39 is 17.8 Å². The second-order valence-electron chi connectivity index (χ2n) is 6.02. The second kappa shape index (κ2) is 8.20. The van der Waals surface area contributed by atoms with Crippen LogP contribution in [0.25, 0.3) is 0 Å². The molecule has 0 spiro atoms. The third-order valence-corrected chi connectivity index (χ3v) is 3.94. The Balaban J connectivity index is 1.64. The van der Waals surface area contributed by atoms with E-state index in [1.165, 1.54) is 10.9 Å². The molecule has 2 aromatic rings. The van der Waals surface area contributed by atoms with E-state index >= 15 is 0 Å². The summed E-state index contributed by atoms with van der Waals surface area (Å²) in [6.45, 7) is 1.08. The van der Waals surface area contributed by atoms with Gasteiger partial charge in [-0.1, -0.05) is 6.07 Å². The van der Waals surface area contributed by atoms with Crippen molar-refractivity contribution in [2.45, 2.75) is 13.0 Å². The highest BCUT2D eigenvalue weighted by atomic mass is 16.2. The van der Waals surface area contributed by atoms with Crippen molar-refractivity contribution >= 4 is 35.1 Å². The van der Waals surface area contributed by atoms with Crippen molar-refractivity contribution < 1.29 is 19.2 Å². The summed E-state index contributed by atoms with van der Waals surface area (Å²) >= 11 is 0. The molecule has 0 saturated heterocycles. The van der Waals surface area contributed by atoms with Crippen LogP contribution in [-0.2, 0) is 11.3 Å². The Bertz CT molecular complexity index is 937. The van der Waals surface area contributed by atoms with E-state index in [4.69, 9.17) is 5.73 Å². The molecule has 0 unspecified atom stereocenters. The average molecular weight is 385 g/mol. The van der Waals surface area contributed by atoms with Gasteiger partial charge >= 0.3 is 6.03 Å². The second-order valence-corrected chi connectivity index (χ2v) is 6.02. The fourth-order valence-corrected chi connectivity index (χ4v) is 2.67. The zero-order valence-corrected chi connectivity index (χ0v) is 14.8. The summed E-state index contributed by atoms with van der Waals surface area (Å²) in [7, 11) is 0. The molecule has 5 amide bonds. The molecule has 1 aromatic heterocycles. The van der Waals surface area contributed by atoms with E-state index in [0.29, 0.717) is 24.5 Å². The summed E-state index contributed by atoms with van der Waals surface area (Å²) in [5.74, 6) is -1.35. The molecule has 1 aliphatic heterocycles. The maximum absolute atomic E-state index is 12.5. The lowest BCUT2D eigenvalue weighted by Gasteiger charge is -2.15. The van der Waals surface area contributed by atoms with Crippen molar-refractivity contribution in [3.8, 4) is 0 Å². The molecule has 3 rings (SSSR count). The Morgan fingerprint density at radius 1 is 1.21 bits per heavy atom. The predicted octanol–water partition coefficient (Wildman–Crippen LogP) is -0.124. The van der Waals surface area contributed by atoms with Gasteiger partial charge in [0.05, 0.1) is 18.3 Å². The Kier molecular flexibility index (Phi) is 5.53. The maximum Gasteiger partial charge on any atom is 0.319 e. The van der Waals surface area contributed by atoms with Gasteiger partial charge < -0.3 is 27.0 Å². The molecule has 2 heterocycles. The Labute approximate surface area is 159 Å². The van der Waals surface area contributed by atoms with Crippen molar-refractivity contribution in [2.75, 3.05) is 23.7 Å². The molecule has 0 atom stereocenters. The lowest BCUT2D eigenvalue weighted by Crippen LogP contribution is -2.37. The SMILES string of the molecule is NC(=O)CCNC(=O)Nc1cccc(NC(=O)c2cnn3c2C(=O)NCC3)c1. The van der Waals surface area contributed by atoms with E-state index in [0.717, 1.165) is 0 Å². The van der Waals surface area contributed by atoms with Crippen LogP contribution in [0.5, 0.6) is 0 Å². The van der Waals surface area contributed by atoms with Crippen molar-refractivity contribution in [3.05, 3.63) is 41.7 Å². The van der Waals surface area contributed by atoms with E-state index in [1.807, 2.05) is 0 Å². The fourth-order valence-electron chi connectivity index (χ4n) is 2.67. The van der Waals surface area contributed by atoms with Gasteiger partial charge in [0.15, 0.2) is 0 Å². The lowest BCUT2D eigenvalue weighted by molar-refractivity contribution is -0.117. The first-order chi connectivity index (χ1) is 13.4. The number of nitrogens with zero attached hydrogens (tertiary/aromatic N) is 2. The number of primary amides is 1. The van der Waals surface area contributed by atoms with Gasteiger partial charge in [-0.15, -0.1) is 0 Å². The van der Waals surface area contributed by atoms with E-state index in [-0.39, 0.29) is 30.1 Å².